The monoisotopic (exact) mass is 650 g/mol. The summed E-state index contributed by atoms with van der Waals surface area (Å²) in [7, 11) is -10.6. The largest absolute Gasteiger partial charge is 0.481 e. The van der Waals surface area contributed by atoms with E-state index in [1.165, 1.54) is 15.5 Å². The number of phosphoric ester groups is 2. The van der Waals surface area contributed by atoms with Gasteiger partial charge in [-0.3, -0.25) is 13.6 Å². The normalized spacial score (nSPS) is 32.2. The van der Waals surface area contributed by atoms with Gasteiger partial charge < -0.3 is 51.2 Å². The summed E-state index contributed by atoms with van der Waals surface area (Å²) >= 11 is 0. The maximum atomic E-state index is 12.4. The fraction of sp³-hybridized carbons (Fsp3) is 0.524. The lowest BCUT2D eigenvalue weighted by Crippen LogP contribution is -2.46. The maximum absolute atomic E-state index is 12.4. The molecule has 0 aromatic carbocycles. The summed E-state index contributed by atoms with van der Waals surface area (Å²) in [6.07, 6.45) is -5.80. The van der Waals surface area contributed by atoms with E-state index in [9.17, 15) is 39.3 Å². The highest BCUT2D eigenvalue weighted by molar-refractivity contribution is 7.61. The van der Waals surface area contributed by atoms with Crippen LogP contribution in [0.3, 0.4) is 0 Å². The molecule has 236 valence electrons. The van der Waals surface area contributed by atoms with Gasteiger partial charge in [0, 0.05) is 18.2 Å². The van der Waals surface area contributed by atoms with Crippen molar-refractivity contribution in [3.8, 4) is 0 Å². The first kappa shape index (κ1) is 31.9. The second-order valence-corrected chi connectivity index (χ2v) is 12.7. The van der Waals surface area contributed by atoms with E-state index >= 15 is 0 Å². The van der Waals surface area contributed by atoms with Gasteiger partial charge in [-0.2, -0.15) is 8.88 Å². The number of hydrogen-bond donors (Lipinski definition) is 8. The fourth-order valence-electron chi connectivity index (χ4n) is 4.60. The number of fused-ring (bicyclic) bond motifs is 1. The van der Waals surface area contributed by atoms with Crippen LogP contribution in [-0.2, 0) is 38.5 Å². The third-order valence-corrected chi connectivity index (χ3v) is 9.36. The minimum atomic E-state index is -5.33. The predicted octanol–water partition coefficient (Wildman–Crippen LogP) is -2.66. The van der Waals surface area contributed by atoms with Gasteiger partial charge in [-0.15, -0.1) is 0 Å². The molecule has 10 atom stereocenters. The molecule has 0 radical (unpaired) electrons. The molecule has 10 N–H and O–H groups in total. The minimum Gasteiger partial charge on any atom is -0.387 e. The Bertz CT molecular complexity index is 1550. The summed E-state index contributed by atoms with van der Waals surface area (Å²) < 4.78 is 52.4. The summed E-state index contributed by atoms with van der Waals surface area (Å²) in [6.45, 7) is -1.50. The lowest BCUT2D eigenvalue weighted by molar-refractivity contribution is -0.766. The average Bonchev–Trinajstić information content (AvgIpc) is 3.61. The smallest absolute Gasteiger partial charge is 0.387 e. The topological polar surface area (TPSA) is 301 Å². The first-order chi connectivity index (χ1) is 20.3. The molecule has 2 aliphatic rings. The zero-order valence-corrected chi connectivity index (χ0v) is 23.8. The van der Waals surface area contributed by atoms with Crippen LogP contribution >= 0.6 is 15.6 Å². The van der Waals surface area contributed by atoms with E-state index < -0.39 is 77.9 Å². The second-order valence-electron chi connectivity index (χ2n) is 9.65. The first-order valence-electron chi connectivity index (χ1n) is 12.6. The Morgan fingerprint density at radius 2 is 1.60 bits per heavy atom. The molecule has 0 amide bonds. The zero-order valence-electron chi connectivity index (χ0n) is 22.0. The van der Waals surface area contributed by atoms with Crippen molar-refractivity contribution in [3.05, 3.63) is 42.7 Å². The number of phosphoric acid groups is 2. The highest BCUT2D eigenvalue weighted by atomic mass is 31.3. The number of hydrogen-bond acceptors (Lipinski definition) is 16. The fourth-order valence-corrected chi connectivity index (χ4v) is 6.69. The molecule has 0 spiro atoms. The summed E-state index contributed by atoms with van der Waals surface area (Å²) in [5.74, 6) is 0.0619. The second kappa shape index (κ2) is 12.5. The number of aromatic nitrogens is 5. The van der Waals surface area contributed by atoms with Crippen molar-refractivity contribution in [3.63, 3.8) is 0 Å². The summed E-state index contributed by atoms with van der Waals surface area (Å²) in [5, 5.41) is 41.7. The molecule has 43 heavy (non-hydrogen) atoms. The van der Waals surface area contributed by atoms with Crippen LogP contribution in [0.15, 0.2) is 37.2 Å². The van der Waals surface area contributed by atoms with Crippen LogP contribution < -0.4 is 16.0 Å². The molecular weight excluding hydrogens is 620 g/mol. The number of nitrogens with two attached hydrogens (primary N) is 2. The number of imidazole rings is 1. The minimum absolute atomic E-state index is 0.0619. The van der Waals surface area contributed by atoms with Crippen molar-refractivity contribution in [1.29, 1.82) is 0 Å². The van der Waals surface area contributed by atoms with Gasteiger partial charge in [0.25, 0.3) is 6.23 Å². The Labute approximate surface area is 242 Å². The van der Waals surface area contributed by atoms with E-state index in [2.05, 4.69) is 19.3 Å². The van der Waals surface area contributed by atoms with Gasteiger partial charge in [0.2, 0.25) is 0 Å². The lowest BCUT2D eigenvalue weighted by Gasteiger charge is -2.20. The van der Waals surface area contributed by atoms with Gasteiger partial charge in [-0.05, 0) is 6.07 Å². The van der Waals surface area contributed by atoms with Crippen LogP contribution in [0.1, 0.15) is 18.0 Å². The molecule has 5 rings (SSSR count). The highest BCUT2D eigenvalue weighted by Crippen LogP contribution is 2.60. The van der Waals surface area contributed by atoms with E-state index in [4.69, 9.17) is 30.0 Å². The summed E-state index contributed by atoms with van der Waals surface area (Å²) in [5.41, 5.74) is 12.5. The predicted molar refractivity (Wildman–Crippen MR) is 139 cm³/mol. The van der Waals surface area contributed by atoms with E-state index in [1.807, 2.05) is 0 Å². The Morgan fingerprint density at radius 1 is 0.953 bits per heavy atom. The number of aliphatic hydroxyl groups excluding tert-OH is 4. The lowest BCUT2D eigenvalue weighted by atomic mass is 10.1. The van der Waals surface area contributed by atoms with Crippen LogP contribution in [0.5, 0.6) is 0 Å². The third kappa shape index (κ3) is 6.77. The van der Waals surface area contributed by atoms with Gasteiger partial charge >= 0.3 is 15.6 Å². The van der Waals surface area contributed by atoms with Crippen LogP contribution in [0.4, 0.5) is 5.82 Å². The quantitative estimate of drug-likeness (QED) is 0.0776. The number of anilines is 1. The van der Waals surface area contributed by atoms with Gasteiger partial charge in [0.05, 0.1) is 19.5 Å². The van der Waals surface area contributed by atoms with Crippen molar-refractivity contribution in [2.24, 2.45) is 5.73 Å². The average molecular weight is 650 g/mol. The molecule has 5 heterocycles. The van der Waals surface area contributed by atoms with Gasteiger partial charge in [-0.25, -0.2) is 24.1 Å². The van der Waals surface area contributed by atoms with Crippen LogP contribution in [0.25, 0.3) is 11.2 Å². The Balaban J connectivity index is 1.15. The molecule has 0 saturated carbocycles. The number of nitrogens with zero attached hydrogens (tertiary/aromatic N) is 5. The van der Waals surface area contributed by atoms with E-state index in [-0.39, 0.29) is 23.5 Å². The number of ether oxygens (including phenoxy) is 2. The third-order valence-electron chi connectivity index (χ3n) is 6.76. The van der Waals surface area contributed by atoms with Crippen LogP contribution in [-0.4, -0.2) is 99.6 Å². The molecule has 3 aromatic heterocycles. The molecule has 2 saturated heterocycles. The van der Waals surface area contributed by atoms with Crippen molar-refractivity contribution < 1.29 is 66.7 Å². The van der Waals surface area contributed by atoms with Crippen LogP contribution in [0, 0.1) is 0 Å². The number of rotatable bonds is 11. The maximum Gasteiger partial charge on any atom is 0.481 e. The zero-order chi connectivity index (χ0) is 31.1. The van der Waals surface area contributed by atoms with Gasteiger partial charge in [-0.1, -0.05) is 0 Å². The van der Waals surface area contributed by atoms with Gasteiger partial charge in [0.1, 0.15) is 42.4 Å². The van der Waals surface area contributed by atoms with Crippen molar-refractivity contribution in [2.45, 2.75) is 55.6 Å². The molecule has 2 unspecified atom stereocenters. The number of aliphatic hydroxyl groups is 4. The Morgan fingerprint density at radius 3 is 2.28 bits per heavy atom. The van der Waals surface area contributed by atoms with E-state index in [1.54, 1.807) is 24.5 Å². The Hall–Kier alpha value is -2.52. The SMILES string of the molecule is NCc1ccc[n+]([C@@H]2O[C@@H](COP(=O)(O)OP(=O)(O)OC[C@@H]3O[C@@H](n4cnc5c(N)ncnc54)[C@H](O)[C@H]3O)[C@H](O)[C@H]2O)c1. The molecule has 20 nitrogen and oxygen atoms in total. The summed E-state index contributed by atoms with van der Waals surface area (Å²) in [6, 6.07) is 3.38. The van der Waals surface area contributed by atoms with E-state index in [0.29, 0.717) is 5.56 Å². The van der Waals surface area contributed by atoms with Gasteiger partial charge in [0.15, 0.2) is 36.2 Å². The molecule has 0 bridgehead atoms. The molecule has 3 aromatic rings. The molecule has 0 aliphatic carbocycles. The number of pyridine rings is 1. The van der Waals surface area contributed by atoms with Crippen LogP contribution in [0.2, 0.25) is 0 Å². The summed E-state index contributed by atoms with van der Waals surface area (Å²) in [4.78, 5) is 31.9. The van der Waals surface area contributed by atoms with Crippen molar-refractivity contribution in [2.75, 3.05) is 18.9 Å². The number of nitrogen functional groups attached to an aromatic ring is 1. The molecule has 2 aliphatic heterocycles. The highest BCUT2D eigenvalue weighted by Gasteiger charge is 2.50. The standard InChI is InChI=1S/C21H29N7O13P2/c22-4-10-2-1-3-27(5-10)20-16(31)14(29)11(39-20)6-37-42(33,34)41-43(35,36)38-7-12-15(30)17(32)21(40-12)28-9-26-13-18(23)24-8-25-19(13)28/h1-3,5,8-9,11-12,14-17,20-21,29-32H,4,6-7,22H2,(H3-,23,24,25,33,34,35,36)/p+1/t11-,12-,14-,15-,16+,17+,20+,21+/m0/s1. The first-order valence-corrected chi connectivity index (χ1v) is 15.6. The van der Waals surface area contributed by atoms with Crippen molar-refractivity contribution in [1.82, 2.24) is 19.5 Å². The van der Waals surface area contributed by atoms with Crippen molar-refractivity contribution >= 4 is 32.6 Å². The molecule has 22 heteroatoms. The Kier molecular flexibility index (Phi) is 9.25. The van der Waals surface area contributed by atoms with E-state index in [0.717, 1.165) is 6.33 Å². The molecular formula is C21H30N7O13P2+. The molecule has 2 fully saturated rings.